The smallest absolute Gasteiger partial charge is 0.461 e. The molecule has 0 rings (SSSR count). The van der Waals surface area contributed by atoms with Crippen molar-refractivity contribution in [3.8, 4) is 0 Å². The molecular weight excluding hydrogens is 321 g/mol. The summed E-state index contributed by atoms with van der Waals surface area (Å²) in [6, 6.07) is 0. The van der Waals surface area contributed by atoms with Gasteiger partial charge in [-0.2, -0.15) is 13.2 Å². The van der Waals surface area contributed by atoms with Crippen molar-refractivity contribution in [2.24, 2.45) is 5.92 Å². The predicted molar refractivity (Wildman–Crippen MR) is 73.5 cm³/mol. The molecule has 3 atom stereocenters. The second-order valence-electron chi connectivity index (χ2n) is 5.54. The number of halogens is 3. The number of esters is 2. The van der Waals surface area contributed by atoms with Crippen LogP contribution in [0.2, 0.25) is 0 Å². The second-order valence-corrected chi connectivity index (χ2v) is 5.54. The van der Waals surface area contributed by atoms with Gasteiger partial charge in [-0.1, -0.05) is 13.8 Å². The molecule has 0 amide bonds. The largest absolute Gasteiger partial charge is 0.490 e. The lowest BCUT2D eigenvalue weighted by molar-refractivity contribution is -0.202. The molecule has 0 radical (unpaired) electrons. The van der Waals surface area contributed by atoms with Crippen molar-refractivity contribution in [1.82, 2.24) is 0 Å². The highest BCUT2D eigenvalue weighted by Gasteiger charge is 2.41. The Balaban J connectivity index is 4.37. The Morgan fingerprint density at radius 1 is 1.04 bits per heavy atom. The number of alkyl halides is 3. The van der Waals surface area contributed by atoms with Gasteiger partial charge >= 0.3 is 18.1 Å². The van der Waals surface area contributed by atoms with Gasteiger partial charge in [-0.3, -0.25) is 0 Å². The first kappa shape index (κ1) is 21.6. The van der Waals surface area contributed by atoms with Crippen LogP contribution in [0.4, 0.5) is 13.2 Å². The first-order valence-corrected chi connectivity index (χ1v) is 7.15. The summed E-state index contributed by atoms with van der Waals surface area (Å²) < 4.78 is 50.4. The summed E-state index contributed by atoms with van der Waals surface area (Å²) in [4.78, 5) is 22.5. The van der Waals surface area contributed by atoms with Crippen LogP contribution in [0.1, 0.15) is 34.1 Å². The molecule has 9 heteroatoms. The summed E-state index contributed by atoms with van der Waals surface area (Å²) >= 11 is 0. The lowest BCUT2D eigenvalue weighted by Gasteiger charge is -2.28. The van der Waals surface area contributed by atoms with Crippen LogP contribution in [0.3, 0.4) is 0 Å². The van der Waals surface area contributed by atoms with Gasteiger partial charge in [-0.05, 0) is 20.3 Å². The van der Waals surface area contributed by atoms with Gasteiger partial charge in [-0.15, -0.1) is 0 Å². The van der Waals surface area contributed by atoms with E-state index < -0.39 is 42.3 Å². The number of aliphatic hydroxyl groups is 1. The van der Waals surface area contributed by atoms with E-state index in [2.05, 4.69) is 4.74 Å². The molecule has 0 heterocycles. The van der Waals surface area contributed by atoms with Gasteiger partial charge in [0.2, 0.25) is 0 Å². The number of hydrogen-bond acceptors (Lipinski definition) is 6. The number of rotatable bonds is 9. The topological polar surface area (TPSA) is 82.1 Å². The van der Waals surface area contributed by atoms with E-state index in [0.717, 1.165) is 0 Å². The highest BCUT2D eigenvalue weighted by Crippen LogP contribution is 2.20. The van der Waals surface area contributed by atoms with Gasteiger partial charge in [0, 0.05) is 5.92 Å². The van der Waals surface area contributed by atoms with Crippen LogP contribution in [0.25, 0.3) is 0 Å². The number of ether oxygens (including phenoxy) is 3. The Morgan fingerprint density at radius 3 is 2.00 bits per heavy atom. The maximum absolute atomic E-state index is 12.0. The fourth-order valence-corrected chi connectivity index (χ4v) is 1.33. The predicted octanol–water partition coefficient (Wildman–Crippen LogP) is 1.84. The van der Waals surface area contributed by atoms with E-state index in [1.807, 2.05) is 0 Å². The summed E-state index contributed by atoms with van der Waals surface area (Å²) in [7, 11) is 0. The third-order valence-corrected chi connectivity index (χ3v) is 2.98. The number of hydrogen-bond donors (Lipinski definition) is 1. The summed E-state index contributed by atoms with van der Waals surface area (Å²) in [5, 5.41) is 9.09. The van der Waals surface area contributed by atoms with Crippen LogP contribution >= 0.6 is 0 Å². The molecule has 0 aliphatic heterocycles. The average Bonchev–Trinajstić information content (AvgIpc) is 2.46. The quantitative estimate of drug-likeness (QED) is 0.643. The van der Waals surface area contributed by atoms with Gasteiger partial charge in [0.25, 0.3) is 0 Å². The van der Waals surface area contributed by atoms with Crippen LogP contribution in [0.5, 0.6) is 0 Å². The molecule has 0 bridgehead atoms. The standard InChI is InChI=1S/C14H23F3O6/c1-5-13(4,11(19)22-8-10(3)18)23-7-9(2)6-21-12(20)14(15,16)17/h9-10,18H,5-8H2,1-4H3. The first-order chi connectivity index (χ1) is 10.4. The molecule has 0 saturated carbocycles. The molecule has 3 unspecified atom stereocenters. The summed E-state index contributed by atoms with van der Waals surface area (Å²) in [5.74, 6) is -3.49. The maximum atomic E-state index is 12.0. The number of aliphatic hydroxyl groups excluding tert-OH is 1. The summed E-state index contributed by atoms with van der Waals surface area (Å²) in [6.45, 7) is 5.36. The molecule has 6 nitrogen and oxygen atoms in total. The Labute approximate surface area is 132 Å². The molecule has 0 aromatic rings. The van der Waals surface area contributed by atoms with E-state index in [9.17, 15) is 22.8 Å². The molecular formula is C14H23F3O6. The monoisotopic (exact) mass is 344 g/mol. The molecule has 0 fully saturated rings. The zero-order valence-corrected chi connectivity index (χ0v) is 13.6. The molecule has 136 valence electrons. The molecule has 23 heavy (non-hydrogen) atoms. The zero-order valence-electron chi connectivity index (χ0n) is 13.6. The lowest BCUT2D eigenvalue weighted by atomic mass is 10.0. The van der Waals surface area contributed by atoms with Crippen LogP contribution in [0.15, 0.2) is 0 Å². The minimum atomic E-state index is -5.04. The number of carbonyl (C=O) groups excluding carboxylic acids is 2. The van der Waals surface area contributed by atoms with E-state index in [4.69, 9.17) is 14.6 Å². The Hall–Kier alpha value is -1.35. The maximum Gasteiger partial charge on any atom is 0.490 e. The van der Waals surface area contributed by atoms with E-state index in [1.54, 1.807) is 6.92 Å². The highest BCUT2D eigenvalue weighted by molar-refractivity contribution is 5.79. The minimum Gasteiger partial charge on any atom is -0.461 e. The van der Waals surface area contributed by atoms with Crippen molar-refractivity contribution in [3.63, 3.8) is 0 Å². The van der Waals surface area contributed by atoms with E-state index in [1.165, 1.54) is 20.8 Å². The van der Waals surface area contributed by atoms with Crippen molar-refractivity contribution in [2.45, 2.75) is 52.0 Å². The second kappa shape index (κ2) is 9.07. The zero-order chi connectivity index (χ0) is 18.3. The third kappa shape index (κ3) is 8.17. The van der Waals surface area contributed by atoms with Crippen molar-refractivity contribution in [3.05, 3.63) is 0 Å². The Bertz CT molecular complexity index is 396. The Morgan fingerprint density at radius 2 is 1.57 bits per heavy atom. The molecule has 0 aliphatic rings. The summed E-state index contributed by atoms with van der Waals surface area (Å²) in [5.41, 5.74) is -1.29. The van der Waals surface area contributed by atoms with E-state index in [0.29, 0.717) is 0 Å². The molecule has 0 spiro atoms. The van der Waals surface area contributed by atoms with Crippen molar-refractivity contribution < 1.29 is 42.1 Å². The molecule has 0 aromatic heterocycles. The molecule has 0 saturated heterocycles. The van der Waals surface area contributed by atoms with Crippen molar-refractivity contribution in [1.29, 1.82) is 0 Å². The first-order valence-electron chi connectivity index (χ1n) is 7.15. The minimum absolute atomic E-state index is 0.0980. The van der Waals surface area contributed by atoms with Crippen LogP contribution in [-0.4, -0.2) is 54.7 Å². The average molecular weight is 344 g/mol. The molecule has 0 aliphatic carbocycles. The van der Waals surface area contributed by atoms with Gasteiger partial charge in [0.1, 0.15) is 6.61 Å². The van der Waals surface area contributed by atoms with Crippen LogP contribution in [-0.2, 0) is 23.8 Å². The van der Waals surface area contributed by atoms with Gasteiger partial charge in [-0.25, -0.2) is 9.59 Å². The van der Waals surface area contributed by atoms with Crippen molar-refractivity contribution in [2.75, 3.05) is 19.8 Å². The van der Waals surface area contributed by atoms with Crippen LogP contribution < -0.4 is 0 Å². The fourth-order valence-electron chi connectivity index (χ4n) is 1.33. The third-order valence-electron chi connectivity index (χ3n) is 2.98. The van der Waals surface area contributed by atoms with Crippen molar-refractivity contribution >= 4 is 11.9 Å². The normalized spacial score (nSPS) is 17.0. The van der Waals surface area contributed by atoms with Crippen LogP contribution in [0, 0.1) is 5.92 Å². The summed E-state index contributed by atoms with van der Waals surface area (Å²) in [6.07, 6.45) is -5.59. The molecule has 0 aromatic carbocycles. The fraction of sp³-hybridized carbons (Fsp3) is 0.857. The lowest BCUT2D eigenvalue weighted by Crippen LogP contribution is -2.41. The SMILES string of the molecule is CCC(C)(OCC(C)COC(=O)C(F)(F)F)C(=O)OCC(C)O. The van der Waals surface area contributed by atoms with Gasteiger partial charge in [0.05, 0.1) is 19.3 Å². The Kier molecular flexibility index (Phi) is 8.54. The number of carbonyl (C=O) groups is 2. The highest BCUT2D eigenvalue weighted by atomic mass is 19.4. The van der Waals surface area contributed by atoms with E-state index >= 15 is 0 Å². The van der Waals surface area contributed by atoms with Gasteiger partial charge < -0.3 is 19.3 Å². The van der Waals surface area contributed by atoms with E-state index in [-0.39, 0.29) is 19.6 Å². The molecule has 1 N–H and O–H groups in total. The van der Waals surface area contributed by atoms with Gasteiger partial charge in [0.15, 0.2) is 5.60 Å².